The van der Waals surface area contributed by atoms with Crippen LogP contribution in [-0.4, -0.2) is 16.2 Å². The molecule has 1 heterocycles. The minimum absolute atomic E-state index is 0.325. The highest BCUT2D eigenvalue weighted by atomic mass is 16.5. The fourth-order valence-corrected chi connectivity index (χ4v) is 2.09. The molecule has 4 nitrogen and oxygen atoms in total. The van der Waals surface area contributed by atoms with E-state index in [2.05, 4.69) is 5.16 Å². The Labute approximate surface area is 91.5 Å². The van der Waals surface area contributed by atoms with E-state index in [4.69, 9.17) is 9.63 Å². The summed E-state index contributed by atoms with van der Waals surface area (Å²) in [6.45, 7) is 0. The van der Waals surface area contributed by atoms with Crippen molar-refractivity contribution in [3.63, 3.8) is 0 Å². The van der Waals surface area contributed by atoms with Gasteiger partial charge in [-0.05, 0) is 30.5 Å². The smallest absolute Gasteiger partial charge is 0.335 e. The fourth-order valence-electron chi connectivity index (χ4n) is 2.09. The van der Waals surface area contributed by atoms with Gasteiger partial charge in [-0.1, -0.05) is 11.2 Å². The largest absolute Gasteiger partial charge is 0.478 e. The SMILES string of the molecule is O=C(O)c1ccc2c(c1)CCc1conc1-2. The molecule has 0 unspecified atom stereocenters. The number of nitrogens with zero attached hydrogens (tertiary/aromatic N) is 1. The van der Waals surface area contributed by atoms with Crippen LogP contribution >= 0.6 is 0 Å². The molecule has 2 aromatic rings. The van der Waals surface area contributed by atoms with Crippen molar-refractivity contribution < 1.29 is 14.4 Å². The van der Waals surface area contributed by atoms with Crippen LogP contribution < -0.4 is 0 Å². The van der Waals surface area contributed by atoms with Crippen molar-refractivity contribution in [3.05, 3.63) is 41.2 Å². The van der Waals surface area contributed by atoms with Crippen LogP contribution in [0.4, 0.5) is 0 Å². The first-order valence-corrected chi connectivity index (χ1v) is 5.05. The zero-order chi connectivity index (χ0) is 11.1. The summed E-state index contributed by atoms with van der Waals surface area (Å²) in [6, 6.07) is 5.12. The number of rotatable bonds is 1. The molecular formula is C12H9NO3. The average Bonchev–Trinajstić information content (AvgIpc) is 2.76. The van der Waals surface area contributed by atoms with Crippen LogP contribution in [0.1, 0.15) is 21.5 Å². The predicted octanol–water partition coefficient (Wildman–Crippen LogP) is 2.14. The maximum Gasteiger partial charge on any atom is 0.335 e. The molecule has 1 aliphatic carbocycles. The van der Waals surface area contributed by atoms with Gasteiger partial charge in [0.15, 0.2) is 0 Å². The number of aromatic nitrogens is 1. The van der Waals surface area contributed by atoms with Crippen LogP contribution in [0.25, 0.3) is 11.3 Å². The van der Waals surface area contributed by atoms with Crippen molar-refractivity contribution in [2.75, 3.05) is 0 Å². The Hall–Kier alpha value is -2.10. The van der Waals surface area contributed by atoms with Crippen LogP contribution in [0.15, 0.2) is 29.0 Å². The molecule has 0 aliphatic heterocycles. The number of hydrogen-bond donors (Lipinski definition) is 1. The molecule has 0 fully saturated rings. The molecule has 3 rings (SSSR count). The van der Waals surface area contributed by atoms with Crippen molar-refractivity contribution >= 4 is 5.97 Å². The minimum Gasteiger partial charge on any atom is -0.478 e. The van der Waals surface area contributed by atoms with Crippen LogP contribution in [0.3, 0.4) is 0 Å². The third-order valence-electron chi connectivity index (χ3n) is 2.91. The molecule has 0 saturated heterocycles. The van der Waals surface area contributed by atoms with Gasteiger partial charge < -0.3 is 9.63 Å². The number of aryl methyl sites for hydroxylation is 2. The van der Waals surface area contributed by atoms with Gasteiger partial charge >= 0.3 is 5.97 Å². The first kappa shape index (κ1) is 9.15. The summed E-state index contributed by atoms with van der Waals surface area (Å²) >= 11 is 0. The molecule has 0 amide bonds. The van der Waals surface area contributed by atoms with Gasteiger partial charge in [0, 0.05) is 11.1 Å². The molecule has 0 radical (unpaired) electrons. The Bertz CT molecular complexity index is 571. The lowest BCUT2D eigenvalue weighted by molar-refractivity contribution is 0.0697. The summed E-state index contributed by atoms with van der Waals surface area (Å²) in [5.41, 5.74) is 4.28. The number of carboxylic acid groups (broad SMARTS) is 1. The summed E-state index contributed by atoms with van der Waals surface area (Å²) in [4.78, 5) is 10.8. The molecule has 1 N–H and O–H groups in total. The van der Waals surface area contributed by atoms with Crippen LogP contribution in [0.5, 0.6) is 0 Å². The average molecular weight is 215 g/mol. The molecule has 16 heavy (non-hydrogen) atoms. The predicted molar refractivity (Wildman–Crippen MR) is 56.3 cm³/mol. The zero-order valence-corrected chi connectivity index (χ0v) is 8.43. The molecule has 1 aromatic carbocycles. The van der Waals surface area contributed by atoms with E-state index in [1.807, 2.05) is 0 Å². The van der Waals surface area contributed by atoms with Crippen molar-refractivity contribution in [1.29, 1.82) is 0 Å². The van der Waals surface area contributed by atoms with E-state index >= 15 is 0 Å². The number of fused-ring (bicyclic) bond motifs is 3. The van der Waals surface area contributed by atoms with E-state index in [0.717, 1.165) is 35.2 Å². The fraction of sp³-hybridized carbons (Fsp3) is 0.167. The van der Waals surface area contributed by atoms with Gasteiger partial charge in [-0.25, -0.2) is 4.79 Å². The maximum atomic E-state index is 10.8. The number of benzene rings is 1. The van der Waals surface area contributed by atoms with E-state index in [1.165, 1.54) is 0 Å². The highest BCUT2D eigenvalue weighted by Gasteiger charge is 2.20. The van der Waals surface area contributed by atoms with Gasteiger partial charge in [-0.2, -0.15) is 0 Å². The highest BCUT2D eigenvalue weighted by Crippen LogP contribution is 2.32. The molecule has 80 valence electrons. The Kier molecular flexibility index (Phi) is 1.83. The number of carbonyl (C=O) groups is 1. The van der Waals surface area contributed by atoms with Crippen LogP contribution in [-0.2, 0) is 12.8 Å². The van der Waals surface area contributed by atoms with Crippen molar-refractivity contribution in [2.24, 2.45) is 0 Å². The third-order valence-corrected chi connectivity index (χ3v) is 2.91. The van der Waals surface area contributed by atoms with Crippen LogP contribution in [0.2, 0.25) is 0 Å². The number of aromatic carboxylic acids is 1. The number of carboxylic acids is 1. The Morgan fingerprint density at radius 3 is 2.94 bits per heavy atom. The van der Waals surface area contributed by atoms with E-state index in [0.29, 0.717) is 5.56 Å². The molecule has 0 bridgehead atoms. The lowest BCUT2D eigenvalue weighted by atomic mass is 9.89. The quantitative estimate of drug-likeness (QED) is 0.791. The zero-order valence-electron chi connectivity index (χ0n) is 8.43. The monoisotopic (exact) mass is 215 g/mol. The van der Waals surface area contributed by atoms with Gasteiger partial charge in [-0.3, -0.25) is 0 Å². The molecule has 1 aliphatic rings. The van der Waals surface area contributed by atoms with Gasteiger partial charge in [0.05, 0.1) is 5.56 Å². The molecule has 0 atom stereocenters. The second kappa shape index (κ2) is 3.20. The second-order valence-corrected chi connectivity index (χ2v) is 3.87. The van der Waals surface area contributed by atoms with Gasteiger partial charge in [-0.15, -0.1) is 0 Å². The van der Waals surface area contributed by atoms with E-state index in [-0.39, 0.29) is 0 Å². The summed E-state index contributed by atoms with van der Waals surface area (Å²) < 4.78 is 4.94. The molecule has 4 heteroatoms. The minimum atomic E-state index is -0.895. The summed E-state index contributed by atoms with van der Waals surface area (Å²) in [5.74, 6) is -0.895. The second-order valence-electron chi connectivity index (χ2n) is 3.87. The molecular weight excluding hydrogens is 206 g/mol. The first-order valence-electron chi connectivity index (χ1n) is 5.05. The molecule has 1 aromatic heterocycles. The van der Waals surface area contributed by atoms with Crippen molar-refractivity contribution in [3.8, 4) is 11.3 Å². The highest BCUT2D eigenvalue weighted by molar-refractivity contribution is 5.89. The standard InChI is InChI=1S/C12H9NO3/c14-12(15)8-3-4-10-7(5-8)1-2-9-6-16-13-11(9)10/h3-6H,1-2H2,(H,14,15). The molecule has 0 saturated carbocycles. The van der Waals surface area contributed by atoms with Gasteiger partial charge in [0.25, 0.3) is 0 Å². The lowest BCUT2D eigenvalue weighted by Gasteiger charge is -2.14. The van der Waals surface area contributed by atoms with E-state index < -0.39 is 5.97 Å². The Morgan fingerprint density at radius 1 is 1.31 bits per heavy atom. The Balaban J connectivity index is 2.17. The van der Waals surface area contributed by atoms with E-state index in [9.17, 15) is 4.79 Å². The topological polar surface area (TPSA) is 63.3 Å². The van der Waals surface area contributed by atoms with Gasteiger partial charge in [0.1, 0.15) is 12.0 Å². The van der Waals surface area contributed by atoms with Gasteiger partial charge in [0.2, 0.25) is 0 Å². The lowest BCUT2D eigenvalue weighted by Crippen LogP contribution is -2.05. The summed E-state index contributed by atoms with van der Waals surface area (Å²) in [7, 11) is 0. The van der Waals surface area contributed by atoms with Crippen molar-refractivity contribution in [2.45, 2.75) is 12.8 Å². The third kappa shape index (κ3) is 1.23. The first-order chi connectivity index (χ1) is 7.75. The summed E-state index contributed by atoms with van der Waals surface area (Å²) in [6.07, 6.45) is 3.35. The van der Waals surface area contributed by atoms with Crippen LogP contribution in [0, 0.1) is 0 Å². The van der Waals surface area contributed by atoms with E-state index in [1.54, 1.807) is 24.5 Å². The van der Waals surface area contributed by atoms with Crippen molar-refractivity contribution in [1.82, 2.24) is 5.16 Å². The molecule has 0 spiro atoms. The summed E-state index contributed by atoms with van der Waals surface area (Å²) in [5, 5.41) is 12.9. The normalized spacial score (nSPS) is 13.0. The number of hydrogen-bond acceptors (Lipinski definition) is 3. The maximum absolute atomic E-state index is 10.8. The Morgan fingerprint density at radius 2 is 2.12 bits per heavy atom.